The normalized spacial score (nSPS) is 11.2. The molecule has 1 heterocycles. The third kappa shape index (κ3) is 5.50. The number of hydrogen-bond donors (Lipinski definition) is 2. The number of nitrogens with one attached hydrogen (secondary N) is 2. The van der Waals surface area contributed by atoms with Crippen LogP contribution in [0.2, 0.25) is 0 Å². The largest absolute Gasteiger partial charge is 0.298 e. The number of carbonyl (C=O) groups is 1. The molecule has 4 aromatic rings. The van der Waals surface area contributed by atoms with E-state index in [9.17, 15) is 13.2 Å². The maximum absolute atomic E-state index is 13.0. The molecule has 168 valence electrons. The van der Waals surface area contributed by atoms with Crippen LogP contribution in [0.4, 0.5) is 10.8 Å². The van der Waals surface area contributed by atoms with Crippen LogP contribution in [0, 0.1) is 13.8 Å². The maximum Gasteiger partial charge on any atom is 0.261 e. The van der Waals surface area contributed by atoms with Crippen LogP contribution in [0.5, 0.6) is 0 Å². The van der Waals surface area contributed by atoms with Crippen molar-refractivity contribution < 1.29 is 13.2 Å². The van der Waals surface area contributed by atoms with Gasteiger partial charge in [0.2, 0.25) is 0 Å². The molecule has 0 aliphatic heterocycles. The average molecular weight is 542 g/mol. The zero-order valence-corrected chi connectivity index (χ0v) is 21.0. The average Bonchev–Trinajstić information content (AvgIpc) is 3.22. The second-order valence-electron chi connectivity index (χ2n) is 7.47. The highest BCUT2D eigenvalue weighted by Gasteiger charge is 2.20. The van der Waals surface area contributed by atoms with Crippen molar-refractivity contribution in [1.29, 1.82) is 0 Å². The molecule has 0 spiro atoms. The lowest BCUT2D eigenvalue weighted by Crippen LogP contribution is -2.19. The summed E-state index contributed by atoms with van der Waals surface area (Å²) in [7, 11) is -3.86. The fraction of sp³-hybridized carbons (Fsp3) is 0.0833. The molecule has 0 atom stereocenters. The molecule has 6 nitrogen and oxygen atoms in total. The lowest BCUT2D eigenvalue weighted by atomic mass is 10.1. The van der Waals surface area contributed by atoms with Gasteiger partial charge in [0, 0.05) is 15.4 Å². The number of nitrogens with zero attached hydrogens (tertiary/aromatic N) is 1. The number of rotatable bonds is 6. The van der Waals surface area contributed by atoms with E-state index in [-0.39, 0.29) is 16.1 Å². The molecule has 9 heteroatoms. The number of halogens is 1. The number of aryl methyl sites for hydroxylation is 2. The number of sulfonamides is 1. The van der Waals surface area contributed by atoms with E-state index in [0.717, 1.165) is 26.9 Å². The van der Waals surface area contributed by atoms with Gasteiger partial charge in [-0.2, -0.15) is 0 Å². The first kappa shape index (κ1) is 23.2. The predicted molar refractivity (Wildman–Crippen MR) is 136 cm³/mol. The number of amides is 1. The van der Waals surface area contributed by atoms with Crippen molar-refractivity contribution in [2.45, 2.75) is 18.7 Å². The van der Waals surface area contributed by atoms with Gasteiger partial charge in [0.1, 0.15) is 0 Å². The van der Waals surface area contributed by atoms with E-state index < -0.39 is 15.9 Å². The van der Waals surface area contributed by atoms with Gasteiger partial charge in [-0.15, -0.1) is 11.3 Å². The molecule has 0 radical (unpaired) electrons. The fourth-order valence-electron chi connectivity index (χ4n) is 3.11. The third-order valence-corrected chi connectivity index (χ3v) is 7.53. The Balaban J connectivity index is 1.58. The van der Waals surface area contributed by atoms with Gasteiger partial charge in [0.05, 0.1) is 21.8 Å². The highest BCUT2D eigenvalue weighted by atomic mass is 79.9. The second kappa shape index (κ2) is 9.46. The van der Waals surface area contributed by atoms with E-state index in [4.69, 9.17) is 0 Å². The molecule has 3 aromatic carbocycles. The van der Waals surface area contributed by atoms with E-state index in [1.165, 1.54) is 23.5 Å². The smallest absolute Gasteiger partial charge is 0.261 e. The van der Waals surface area contributed by atoms with Crippen LogP contribution >= 0.6 is 27.3 Å². The minimum atomic E-state index is -3.86. The van der Waals surface area contributed by atoms with Crippen LogP contribution in [0.1, 0.15) is 21.5 Å². The number of hydrogen-bond acceptors (Lipinski definition) is 5. The zero-order valence-electron chi connectivity index (χ0n) is 17.8. The van der Waals surface area contributed by atoms with E-state index in [0.29, 0.717) is 5.13 Å². The molecule has 0 saturated heterocycles. The van der Waals surface area contributed by atoms with Crippen LogP contribution in [-0.4, -0.2) is 19.3 Å². The molecule has 33 heavy (non-hydrogen) atoms. The van der Waals surface area contributed by atoms with Gasteiger partial charge in [0.25, 0.3) is 15.9 Å². The zero-order chi connectivity index (χ0) is 23.6. The van der Waals surface area contributed by atoms with Gasteiger partial charge < -0.3 is 0 Å². The van der Waals surface area contributed by atoms with Crippen molar-refractivity contribution >= 4 is 54.0 Å². The predicted octanol–water partition coefficient (Wildman–Crippen LogP) is 6.24. The lowest BCUT2D eigenvalue weighted by molar-refractivity contribution is 0.102. The number of thiazole rings is 1. The summed E-state index contributed by atoms with van der Waals surface area (Å²) >= 11 is 4.71. The highest BCUT2D eigenvalue weighted by molar-refractivity contribution is 9.10. The second-order valence-corrected chi connectivity index (χ2v) is 10.9. The van der Waals surface area contributed by atoms with E-state index >= 15 is 0 Å². The molecule has 2 N–H and O–H groups in total. The summed E-state index contributed by atoms with van der Waals surface area (Å²) in [5.74, 6) is -0.451. The molecule has 0 unspecified atom stereocenters. The molecule has 1 aromatic heterocycles. The van der Waals surface area contributed by atoms with Gasteiger partial charge in [-0.25, -0.2) is 13.4 Å². The molecule has 4 rings (SSSR count). The summed E-state index contributed by atoms with van der Waals surface area (Å²) in [4.78, 5) is 17.6. The Kier molecular flexibility index (Phi) is 6.64. The summed E-state index contributed by atoms with van der Waals surface area (Å²) in [5.41, 5.74) is 3.86. The monoisotopic (exact) mass is 541 g/mol. The SMILES string of the molecule is Cc1ccc(S(=O)(=O)Nc2cc(C)ccc2C(=O)Nc2nc(-c3ccc(Br)cc3)cs2)cc1. The van der Waals surface area contributed by atoms with Gasteiger partial charge in [-0.3, -0.25) is 14.8 Å². The van der Waals surface area contributed by atoms with Crippen molar-refractivity contribution in [3.05, 3.63) is 93.3 Å². The van der Waals surface area contributed by atoms with Gasteiger partial charge in [0.15, 0.2) is 5.13 Å². The fourth-order valence-corrected chi connectivity index (χ4v) is 5.16. The molecule has 1 amide bonds. The maximum atomic E-state index is 13.0. The quantitative estimate of drug-likeness (QED) is 0.302. The van der Waals surface area contributed by atoms with Crippen molar-refractivity contribution in [1.82, 2.24) is 4.98 Å². The first-order valence-electron chi connectivity index (χ1n) is 9.94. The number of carbonyl (C=O) groups excluding carboxylic acids is 1. The Hall–Kier alpha value is -3.01. The summed E-state index contributed by atoms with van der Waals surface area (Å²) < 4.78 is 29.3. The molecule has 0 saturated carbocycles. The summed E-state index contributed by atoms with van der Waals surface area (Å²) in [6.45, 7) is 3.71. The topological polar surface area (TPSA) is 88.2 Å². The van der Waals surface area contributed by atoms with E-state index in [2.05, 4.69) is 31.0 Å². The minimum Gasteiger partial charge on any atom is -0.298 e. The Morgan fingerprint density at radius 3 is 2.30 bits per heavy atom. The minimum absolute atomic E-state index is 0.125. The summed E-state index contributed by atoms with van der Waals surface area (Å²) in [5, 5.41) is 5.06. The van der Waals surface area contributed by atoms with Crippen molar-refractivity contribution in [3.8, 4) is 11.3 Å². The van der Waals surface area contributed by atoms with Crippen molar-refractivity contribution in [2.75, 3.05) is 10.0 Å². The molecule has 0 aliphatic carbocycles. The Bertz CT molecular complexity index is 1410. The Labute approximate surface area is 204 Å². The number of aromatic nitrogens is 1. The van der Waals surface area contributed by atoms with Crippen LogP contribution in [0.25, 0.3) is 11.3 Å². The molecule has 0 aliphatic rings. The summed E-state index contributed by atoms with van der Waals surface area (Å²) in [6.07, 6.45) is 0. The van der Waals surface area contributed by atoms with Gasteiger partial charge >= 0.3 is 0 Å². The number of benzene rings is 3. The summed E-state index contributed by atoms with van der Waals surface area (Å²) in [6, 6.07) is 19.2. The van der Waals surface area contributed by atoms with Crippen molar-refractivity contribution in [2.24, 2.45) is 0 Å². The molecule has 0 bridgehead atoms. The number of anilines is 2. The lowest BCUT2D eigenvalue weighted by Gasteiger charge is -2.13. The third-order valence-electron chi connectivity index (χ3n) is 4.86. The molecular weight excluding hydrogens is 522 g/mol. The van der Waals surface area contributed by atoms with Gasteiger partial charge in [-0.1, -0.05) is 51.8 Å². The highest BCUT2D eigenvalue weighted by Crippen LogP contribution is 2.28. The first-order valence-corrected chi connectivity index (χ1v) is 13.1. The van der Waals surface area contributed by atoms with E-state index in [1.54, 1.807) is 30.3 Å². The van der Waals surface area contributed by atoms with Crippen molar-refractivity contribution in [3.63, 3.8) is 0 Å². The first-order chi connectivity index (χ1) is 15.7. The van der Waals surface area contributed by atoms with Crippen LogP contribution < -0.4 is 10.0 Å². The van der Waals surface area contributed by atoms with Crippen LogP contribution in [0.15, 0.2) is 81.5 Å². The van der Waals surface area contributed by atoms with Gasteiger partial charge in [-0.05, 0) is 55.8 Å². The molecule has 0 fully saturated rings. The van der Waals surface area contributed by atoms with Crippen LogP contribution in [-0.2, 0) is 10.0 Å². The molecular formula is C24H20BrN3O3S2. The van der Waals surface area contributed by atoms with Crippen LogP contribution in [0.3, 0.4) is 0 Å². The Morgan fingerprint density at radius 1 is 0.939 bits per heavy atom. The Morgan fingerprint density at radius 2 is 1.61 bits per heavy atom. The van der Waals surface area contributed by atoms with E-state index in [1.807, 2.05) is 43.5 Å². The standard InChI is InChI=1S/C24H20BrN3O3S2/c1-15-3-10-19(11-4-15)33(30,31)28-21-13-16(2)5-12-20(21)23(29)27-24-26-22(14-32-24)17-6-8-18(25)9-7-17/h3-14,28H,1-2H3,(H,26,27,29).